The highest BCUT2D eigenvalue weighted by molar-refractivity contribution is 6.09. The third kappa shape index (κ3) is 4.00. The number of benzene rings is 3. The van der Waals surface area contributed by atoms with Crippen molar-refractivity contribution in [3.05, 3.63) is 83.4 Å². The van der Waals surface area contributed by atoms with E-state index in [4.69, 9.17) is 4.74 Å². The molecule has 150 valence electrons. The highest BCUT2D eigenvalue weighted by Crippen LogP contribution is 2.29. The van der Waals surface area contributed by atoms with Gasteiger partial charge in [-0.25, -0.2) is 0 Å². The van der Waals surface area contributed by atoms with Crippen LogP contribution in [-0.2, 0) is 4.79 Å². The van der Waals surface area contributed by atoms with Gasteiger partial charge in [-0.2, -0.15) is 0 Å². The Hall–Kier alpha value is -4.13. The summed E-state index contributed by atoms with van der Waals surface area (Å²) in [7, 11) is 0. The number of fused-ring (bicyclic) bond motifs is 1. The first-order chi connectivity index (χ1) is 14.5. The molecule has 4 rings (SSSR count). The summed E-state index contributed by atoms with van der Waals surface area (Å²) in [4.78, 5) is 36.8. The van der Waals surface area contributed by atoms with Gasteiger partial charge >= 0.3 is 0 Å². The van der Waals surface area contributed by atoms with Gasteiger partial charge in [0, 0.05) is 22.5 Å². The summed E-state index contributed by atoms with van der Waals surface area (Å²) < 4.78 is 5.36. The van der Waals surface area contributed by atoms with E-state index in [2.05, 4.69) is 16.0 Å². The maximum absolute atomic E-state index is 12.7. The lowest BCUT2D eigenvalue weighted by Crippen LogP contribution is -2.25. The van der Waals surface area contributed by atoms with Crippen molar-refractivity contribution >= 4 is 34.8 Å². The topological polar surface area (TPSA) is 96.5 Å². The molecule has 3 aromatic rings. The maximum Gasteiger partial charge on any atom is 0.262 e. The molecule has 0 bridgehead atoms. The molecule has 0 fully saturated rings. The summed E-state index contributed by atoms with van der Waals surface area (Å²) in [5.74, 6) is -0.398. The third-order valence-corrected chi connectivity index (χ3v) is 4.73. The normalized spacial score (nSPS) is 12.2. The largest absolute Gasteiger partial charge is 0.482 e. The Morgan fingerprint density at radius 3 is 2.53 bits per heavy atom. The number of amides is 3. The molecule has 0 aromatic heterocycles. The molecule has 1 aliphatic heterocycles. The molecule has 3 amide bonds. The second kappa shape index (κ2) is 8.08. The molecule has 0 saturated carbocycles. The van der Waals surface area contributed by atoms with Gasteiger partial charge in [0.05, 0.1) is 5.69 Å². The predicted molar refractivity (Wildman–Crippen MR) is 114 cm³/mol. The van der Waals surface area contributed by atoms with Crippen LogP contribution in [0.3, 0.4) is 0 Å². The van der Waals surface area contributed by atoms with Crippen LogP contribution in [0.15, 0.2) is 66.7 Å². The first-order valence-electron chi connectivity index (χ1n) is 9.35. The molecule has 7 heteroatoms. The number of hydrogen-bond donors (Lipinski definition) is 3. The van der Waals surface area contributed by atoms with Crippen molar-refractivity contribution in [2.45, 2.75) is 6.92 Å². The summed E-state index contributed by atoms with van der Waals surface area (Å²) in [6.07, 6.45) is 0. The van der Waals surface area contributed by atoms with Gasteiger partial charge in [-0.05, 0) is 55.0 Å². The number of nitrogens with one attached hydrogen (secondary N) is 3. The summed E-state index contributed by atoms with van der Waals surface area (Å²) in [6, 6.07) is 19.1. The van der Waals surface area contributed by atoms with Crippen molar-refractivity contribution in [3.8, 4) is 5.75 Å². The second-order valence-electron chi connectivity index (χ2n) is 6.80. The van der Waals surface area contributed by atoms with Crippen molar-refractivity contribution in [2.75, 3.05) is 22.6 Å². The standard InChI is InChI=1S/C23H19N3O4/c1-14-17(23(29)24-16-6-3-2-4-7-16)8-5-9-18(14)26-22(28)15-10-11-19-20(12-15)30-13-21(27)25-19/h2-12H,13H2,1H3,(H,24,29)(H,25,27)(H,26,28). The minimum absolute atomic E-state index is 0.0875. The Bertz CT molecular complexity index is 1140. The Kier molecular flexibility index (Phi) is 5.17. The lowest BCUT2D eigenvalue weighted by atomic mass is 10.1. The van der Waals surface area contributed by atoms with Gasteiger partial charge in [0.15, 0.2) is 6.61 Å². The van der Waals surface area contributed by atoms with Crippen molar-refractivity contribution in [1.29, 1.82) is 0 Å². The summed E-state index contributed by atoms with van der Waals surface area (Å²) in [6.45, 7) is 1.69. The minimum atomic E-state index is -0.345. The van der Waals surface area contributed by atoms with Crippen LogP contribution in [-0.4, -0.2) is 24.3 Å². The van der Waals surface area contributed by atoms with E-state index >= 15 is 0 Å². The van der Waals surface area contributed by atoms with Crippen molar-refractivity contribution < 1.29 is 19.1 Å². The first-order valence-corrected chi connectivity index (χ1v) is 9.35. The van der Waals surface area contributed by atoms with Gasteiger partial charge in [-0.1, -0.05) is 24.3 Å². The van der Waals surface area contributed by atoms with Crippen molar-refractivity contribution in [2.24, 2.45) is 0 Å². The fourth-order valence-electron chi connectivity index (χ4n) is 3.15. The zero-order valence-electron chi connectivity index (χ0n) is 16.2. The molecule has 7 nitrogen and oxygen atoms in total. The Balaban J connectivity index is 1.52. The fraction of sp³-hybridized carbons (Fsp3) is 0.0870. The summed E-state index contributed by atoms with van der Waals surface area (Å²) in [5.41, 5.74) is 3.25. The Morgan fingerprint density at radius 2 is 1.73 bits per heavy atom. The number of anilines is 3. The zero-order valence-corrected chi connectivity index (χ0v) is 16.2. The molecular formula is C23H19N3O4. The number of ether oxygens (including phenoxy) is 1. The molecule has 1 heterocycles. The molecule has 30 heavy (non-hydrogen) atoms. The van der Waals surface area contributed by atoms with E-state index in [-0.39, 0.29) is 24.3 Å². The van der Waals surface area contributed by atoms with E-state index in [0.29, 0.717) is 39.5 Å². The molecular weight excluding hydrogens is 382 g/mol. The van der Waals surface area contributed by atoms with Crippen LogP contribution in [0.5, 0.6) is 5.75 Å². The van der Waals surface area contributed by atoms with E-state index in [9.17, 15) is 14.4 Å². The van der Waals surface area contributed by atoms with E-state index in [0.717, 1.165) is 0 Å². The van der Waals surface area contributed by atoms with Gasteiger partial charge in [0.2, 0.25) is 0 Å². The quantitative estimate of drug-likeness (QED) is 0.619. The molecule has 3 N–H and O–H groups in total. The average Bonchev–Trinajstić information content (AvgIpc) is 2.75. The van der Waals surface area contributed by atoms with Gasteiger partial charge in [0.25, 0.3) is 17.7 Å². The van der Waals surface area contributed by atoms with E-state index in [1.807, 2.05) is 18.2 Å². The van der Waals surface area contributed by atoms with Crippen molar-refractivity contribution in [1.82, 2.24) is 0 Å². The van der Waals surface area contributed by atoms with Crippen LogP contribution in [0.1, 0.15) is 26.3 Å². The van der Waals surface area contributed by atoms with Crippen LogP contribution >= 0.6 is 0 Å². The van der Waals surface area contributed by atoms with Crippen molar-refractivity contribution in [3.63, 3.8) is 0 Å². The molecule has 1 aliphatic rings. The molecule has 0 saturated heterocycles. The average molecular weight is 401 g/mol. The minimum Gasteiger partial charge on any atom is -0.482 e. The van der Waals surface area contributed by atoms with Crippen LogP contribution < -0.4 is 20.7 Å². The number of carbonyl (C=O) groups excluding carboxylic acids is 3. The van der Waals surface area contributed by atoms with Crippen LogP contribution in [0, 0.1) is 6.92 Å². The van der Waals surface area contributed by atoms with Gasteiger partial charge < -0.3 is 20.7 Å². The van der Waals surface area contributed by atoms with Gasteiger partial charge in [-0.3, -0.25) is 14.4 Å². The number of hydrogen-bond acceptors (Lipinski definition) is 4. The van der Waals surface area contributed by atoms with Gasteiger partial charge in [0.1, 0.15) is 5.75 Å². The lowest BCUT2D eigenvalue weighted by Gasteiger charge is -2.18. The number of rotatable bonds is 4. The smallest absolute Gasteiger partial charge is 0.262 e. The molecule has 3 aromatic carbocycles. The molecule has 0 aliphatic carbocycles. The summed E-state index contributed by atoms with van der Waals surface area (Å²) >= 11 is 0. The second-order valence-corrected chi connectivity index (χ2v) is 6.80. The molecule has 0 spiro atoms. The molecule has 0 atom stereocenters. The van der Waals surface area contributed by atoms with Crippen LogP contribution in [0.4, 0.5) is 17.1 Å². The number of carbonyl (C=O) groups is 3. The fourth-order valence-corrected chi connectivity index (χ4v) is 3.15. The highest BCUT2D eigenvalue weighted by Gasteiger charge is 2.19. The van der Waals surface area contributed by atoms with E-state index < -0.39 is 0 Å². The molecule has 0 radical (unpaired) electrons. The SMILES string of the molecule is Cc1c(NC(=O)c2ccc3c(c2)OCC(=O)N3)cccc1C(=O)Nc1ccccc1. The molecule has 0 unspecified atom stereocenters. The van der Waals surface area contributed by atoms with E-state index in [1.165, 1.54) is 0 Å². The number of para-hydroxylation sites is 1. The maximum atomic E-state index is 12.7. The van der Waals surface area contributed by atoms with Crippen LogP contribution in [0.2, 0.25) is 0 Å². The highest BCUT2D eigenvalue weighted by atomic mass is 16.5. The monoisotopic (exact) mass is 401 g/mol. The third-order valence-electron chi connectivity index (χ3n) is 4.73. The predicted octanol–water partition coefficient (Wildman–Crippen LogP) is 3.83. The Morgan fingerprint density at radius 1 is 0.933 bits per heavy atom. The first kappa shape index (κ1) is 19.2. The van der Waals surface area contributed by atoms with E-state index in [1.54, 1.807) is 55.5 Å². The summed E-state index contributed by atoms with van der Waals surface area (Å²) in [5, 5.41) is 8.37. The Labute approximate surface area is 173 Å². The zero-order chi connectivity index (χ0) is 21.1. The van der Waals surface area contributed by atoms with Gasteiger partial charge in [-0.15, -0.1) is 0 Å². The lowest BCUT2D eigenvalue weighted by molar-refractivity contribution is -0.118. The van der Waals surface area contributed by atoms with Crippen LogP contribution in [0.25, 0.3) is 0 Å².